The van der Waals surface area contributed by atoms with E-state index in [4.69, 9.17) is 37.0 Å². The Bertz CT molecular complexity index is 2530. The van der Waals surface area contributed by atoms with Gasteiger partial charge in [0, 0.05) is 25.7 Å². The van der Waals surface area contributed by atoms with Crippen LogP contribution >= 0.6 is 15.6 Å². The summed E-state index contributed by atoms with van der Waals surface area (Å²) in [6.45, 7) is 4.55. The Morgan fingerprint density at radius 2 is 0.509 bits per heavy atom. The number of phosphoric ester groups is 2. The number of esters is 4. The van der Waals surface area contributed by atoms with Gasteiger partial charge in [-0.15, -0.1) is 0 Å². The SMILES string of the molecule is CC/C=C\C/C=C\C/C=C\C/C=C\C/C=C\C/C=C\CCC(=O)OCC(COP(=O)(O)OCC(O)COP(=O)(O)OCC(COC(=O)CCCCCCCCC/C=C\C/C=C\C/C=C\CC)OC(=O)CCCCCCCCCCCCCCCCC)OC(=O)CCCCCCC/C=C\C/C=C\CCCCC. The van der Waals surface area contributed by atoms with Gasteiger partial charge < -0.3 is 33.8 Å². The van der Waals surface area contributed by atoms with Gasteiger partial charge in [-0.3, -0.25) is 37.3 Å². The minimum absolute atomic E-state index is 0.0308. The molecule has 0 amide bonds. The lowest BCUT2D eigenvalue weighted by Gasteiger charge is -2.21. The van der Waals surface area contributed by atoms with Crippen LogP contribution in [-0.4, -0.2) is 96.7 Å². The molecular formula is C87H148O17P2. The molecule has 0 aliphatic rings. The Labute approximate surface area is 644 Å². The smallest absolute Gasteiger partial charge is 0.462 e. The van der Waals surface area contributed by atoms with Gasteiger partial charge in [0.05, 0.1) is 26.4 Å². The van der Waals surface area contributed by atoms with Crippen LogP contribution in [-0.2, 0) is 65.4 Å². The van der Waals surface area contributed by atoms with Crippen molar-refractivity contribution >= 4 is 39.5 Å². The van der Waals surface area contributed by atoms with Crippen LogP contribution in [0.25, 0.3) is 0 Å². The fraction of sp³-hybridized carbons (Fsp3) is 0.701. The lowest BCUT2D eigenvalue weighted by Crippen LogP contribution is -2.30. The first-order valence-corrected chi connectivity index (χ1v) is 44.4. The molecule has 0 aromatic heterocycles. The molecule has 0 radical (unpaired) electrons. The van der Waals surface area contributed by atoms with E-state index >= 15 is 0 Å². The third-order valence-corrected chi connectivity index (χ3v) is 19.0. The first-order valence-electron chi connectivity index (χ1n) is 41.4. The predicted molar refractivity (Wildman–Crippen MR) is 436 cm³/mol. The number of rotatable bonds is 77. The highest BCUT2D eigenvalue weighted by atomic mass is 31.2. The van der Waals surface area contributed by atoms with Gasteiger partial charge in [0.2, 0.25) is 0 Å². The van der Waals surface area contributed by atoms with Gasteiger partial charge in [-0.1, -0.05) is 315 Å². The Morgan fingerprint density at radius 3 is 0.830 bits per heavy atom. The molecule has 3 N–H and O–H groups in total. The summed E-state index contributed by atoms with van der Waals surface area (Å²) in [5, 5.41) is 10.7. The zero-order valence-corrected chi connectivity index (χ0v) is 68.4. The highest BCUT2D eigenvalue weighted by molar-refractivity contribution is 7.47. The van der Waals surface area contributed by atoms with Crippen molar-refractivity contribution < 1.29 is 80.2 Å². The minimum atomic E-state index is -5.00. The van der Waals surface area contributed by atoms with Crippen LogP contribution in [0.3, 0.4) is 0 Å². The molecule has 5 unspecified atom stereocenters. The number of aliphatic hydroxyl groups excluding tert-OH is 1. The molecule has 0 bridgehead atoms. The van der Waals surface area contributed by atoms with Gasteiger partial charge in [-0.2, -0.15) is 0 Å². The first kappa shape index (κ1) is 101. The largest absolute Gasteiger partial charge is 0.472 e. The Balaban J connectivity index is 5.43. The van der Waals surface area contributed by atoms with Crippen LogP contribution in [0.15, 0.2) is 134 Å². The third kappa shape index (κ3) is 77.4. The number of carbonyl (C=O) groups is 4. The van der Waals surface area contributed by atoms with Crippen LogP contribution < -0.4 is 0 Å². The highest BCUT2D eigenvalue weighted by Gasteiger charge is 2.30. The summed E-state index contributed by atoms with van der Waals surface area (Å²) in [5.41, 5.74) is 0. The number of aliphatic hydroxyl groups is 1. The average Bonchev–Trinajstić information content (AvgIpc) is 0.909. The standard InChI is InChI=1S/C87H148O17P2/c1-5-9-13-17-21-25-29-33-37-39-40-42-46-48-52-56-60-64-68-72-85(90)98-78-83(104-87(92)74-70-66-62-58-54-50-44-36-32-28-24-20-16-12-8-4)80-102-106(95,96)100-76-81(88)75-99-105(93,94)101-79-82(103-86(91)73-69-65-61-57-53-49-43-35-31-27-23-19-15-11-7-3)77-97-84(89)71-67-63-59-55-51-47-45-41-38-34-30-26-22-18-14-10-6-2/h9-10,13-14,21-22,24-26,28,33-34,36-38,40,42,44,48,52,60,64,81-83,88H,5-8,11-12,15-20,23,27,29-32,35,39,41,43,45-47,49-51,53-59,61-63,65-80H2,1-4H3,(H,93,94)(H,95,96)/b13-9-,14-10-,25-21-,26-22-,28-24-,37-33-,38-34-,42-40-,44-36-,52-48-,64-60-. The number of allylic oxidation sites excluding steroid dienone is 22. The van der Waals surface area contributed by atoms with Crippen molar-refractivity contribution in [2.45, 2.75) is 354 Å². The summed E-state index contributed by atoms with van der Waals surface area (Å²) >= 11 is 0. The molecule has 0 saturated heterocycles. The monoisotopic (exact) mass is 1530 g/mol. The molecule has 0 aliphatic heterocycles. The zero-order valence-electron chi connectivity index (χ0n) is 66.6. The van der Waals surface area contributed by atoms with Crippen LogP contribution in [0.5, 0.6) is 0 Å². The average molecular weight is 1530 g/mol. The van der Waals surface area contributed by atoms with E-state index in [2.05, 4.69) is 143 Å². The van der Waals surface area contributed by atoms with E-state index < -0.39 is 97.5 Å². The number of phosphoric acid groups is 2. The van der Waals surface area contributed by atoms with E-state index in [-0.39, 0.29) is 25.7 Å². The van der Waals surface area contributed by atoms with Gasteiger partial charge >= 0.3 is 39.5 Å². The van der Waals surface area contributed by atoms with Gasteiger partial charge in [0.25, 0.3) is 0 Å². The molecule has 0 saturated carbocycles. The molecular weight excluding hydrogens is 1380 g/mol. The highest BCUT2D eigenvalue weighted by Crippen LogP contribution is 2.45. The maximum atomic E-state index is 13.1. The third-order valence-electron chi connectivity index (χ3n) is 17.1. The van der Waals surface area contributed by atoms with E-state index in [1.54, 1.807) is 0 Å². The summed E-state index contributed by atoms with van der Waals surface area (Å²) in [7, 11) is -9.99. The maximum absolute atomic E-state index is 13.1. The van der Waals surface area contributed by atoms with E-state index in [1.807, 2.05) is 18.2 Å². The summed E-state index contributed by atoms with van der Waals surface area (Å²) in [4.78, 5) is 73.1. The van der Waals surface area contributed by atoms with Gasteiger partial charge in [0.15, 0.2) is 12.2 Å². The lowest BCUT2D eigenvalue weighted by atomic mass is 10.0. The van der Waals surface area contributed by atoms with Gasteiger partial charge in [-0.05, 0) is 128 Å². The normalized spacial score (nSPS) is 14.5. The molecule has 0 heterocycles. The first-order chi connectivity index (χ1) is 51.7. The van der Waals surface area contributed by atoms with Crippen molar-refractivity contribution in [1.82, 2.24) is 0 Å². The van der Waals surface area contributed by atoms with Crippen LogP contribution in [0.2, 0.25) is 0 Å². The second kappa shape index (κ2) is 78.3. The molecule has 0 rings (SSSR count). The fourth-order valence-corrected chi connectivity index (χ4v) is 12.5. The second-order valence-corrected chi connectivity index (χ2v) is 30.2. The molecule has 0 aliphatic carbocycles. The molecule has 608 valence electrons. The number of hydrogen-bond donors (Lipinski definition) is 3. The maximum Gasteiger partial charge on any atom is 0.472 e. The van der Waals surface area contributed by atoms with Crippen molar-refractivity contribution in [3.63, 3.8) is 0 Å². The second-order valence-electron chi connectivity index (χ2n) is 27.3. The number of carbonyl (C=O) groups excluding carboxylic acids is 4. The van der Waals surface area contributed by atoms with Crippen molar-refractivity contribution in [1.29, 1.82) is 0 Å². The minimum Gasteiger partial charge on any atom is -0.462 e. The quantitative estimate of drug-likeness (QED) is 0.0169. The Hall–Kier alpha value is -4.80. The summed E-state index contributed by atoms with van der Waals surface area (Å²) in [5.74, 6) is -2.29. The van der Waals surface area contributed by atoms with E-state index in [0.717, 1.165) is 167 Å². The topological polar surface area (TPSA) is 237 Å². The molecule has 17 nitrogen and oxygen atoms in total. The Morgan fingerprint density at radius 1 is 0.274 bits per heavy atom. The van der Waals surface area contributed by atoms with E-state index in [0.29, 0.717) is 32.1 Å². The Kier molecular flexibility index (Phi) is 74.8. The number of ether oxygens (including phenoxy) is 4. The summed E-state index contributed by atoms with van der Waals surface area (Å²) in [6.07, 6.45) is 88.6. The van der Waals surface area contributed by atoms with Gasteiger partial charge in [0.1, 0.15) is 19.3 Å². The fourth-order valence-electron chi connectivity index (χ4n) is 10.9. The van der Waals surface area contributed by atoms with Crippen molar-refractivity contribution in [3.8, 4) is 0 Å². The van der Waals surface area contributed by atoms with Crippen LogP contribution in [0.1, 0.15) is 336 Å². The van der Waals surface area contributed by atoms with Crippen molar-refractivity contribution in [3.05, 3.63) is 134 Å². The van der Waals surface area contributed by atoms with E-state index in [9.17, 15) is 43.2 Å². The molecule has 19 heteroatoms. The zero-order chi connectivity index (χ0) is 77.4. The van der Waals surface area contributed by atoms with Crippen molar-refractivity contribution in [2.75, 3.05) is 39.6 Å². The summed E-state index contributed by atoms with van der Waals surface area (Å²) < 4.78 is 68.6. The molecule has 0 aromatic rings. The number of hydrogen-bond acceptors (Lipinski definition) is 15. The van der Waals surface area contributed by atoms with Crippen molar-refractivity contribution in [2.24, 2.45) is 0 Å². The molecule has 0 fully saturated rings. The predicted octanol–water partition coefficient (Wildman–Crippen LogP) is 24.4. The van der Waals surface area contributed by atoms with Gasteiger partial charge in [-0.25, -0.2) is 9.13 Å². The molecule has 5 atom stereocenters. The molecule has 0 spiro atoms. The van der Waals surface area contributed by atoms with Crippen LogP contribution in [0.4, 0.5) is 0 Å². The number of unbranched alkanes of at least 4 members (excludes halogenated alkanes) is 29. The summed E-state index contributed by atoms with van der Waals surface area (Å²) in [6, 6.07) is 0. The van der Waals surface area contributed by atoms with Crippen LogP contribution in [0, 0.1) is 0 Å². The van der Waals surface area contributed by atoms with E-state index in [1.165, 1.54) is 83.5 Å². The molecule has 0 aromatic carbocycles. The lowest BCUT2D eigenvalue weighted by molar-refractivity contribution is -0.161. The molecule has 106 heavy (non-hydrogen) atoms.